The molecular formula is C16H17ClO3. The molecule has 106 valence electrons. The lowest BCUT2D eigenvalue weighted by Crippen LogP contribution is -1.99. The standard InChI is InChI=1S/C16H17ClO3/c1-11-3-5-13(14(17)7-11)10-20-16-8-12(9-18)4-6-15(16)19-2/h3-8,18H,9-10H2,1-2H3. The molecule has 0 unspecified atom stereocenters. The summed E-state index contributed by atoms with van der Waals surface area (Å²) in [6.07, 6.45) is 0. The Hall–Kier alpha value is -1.71. The zero-order valence-corrected chi connectivity index (χ0v) is 12.3. The second-order valence-electron chi connectivity index (χ2n) is 4.53. The number of ether oxygens (including phenoxy) is 2. The summed E-state index contributed by atoms with van der Waals surface area (Å²) in [6, 6.07) is 11.2. The van der Waals surface area contributed by atoms with E-state index in [1.807, 2.05) is 25.1 Å². The fourth-order valence-corrected chi connectivity index (χ4v) is 2.15. The van der Waals surface area contributed by atoms with Crippen molar-refractivity contribution in [2.45, 2.75) is 20.1 Å². The maximum Gasteiger partial charge on any atom is 0.162 e. The summed E-state index contributed by atoms with van der Waals surface area (Å²) >= 11 is 6.18. The van der Waals surface area contributed by atoms with Crippen LogP contribution in [-0.2, 0) is 13.2 Å². The summed E-state index contributed by atoms with van der Waals surface area (Å²) in [6.45, 7) is 2.31. The molecule has 2 rings (SSSR count). The SMILES string of the molecule is COc1ccc(CO)cc1OCc1ccc(C)cc1Cl. The minimum Gasteiger partial charge on any atom is -0.493 e. The highest BCUT2D eigenvalue weighted by molar-refractivity contribution is 6.31. The molecule has 0 aromatic heterocycles. The van der Waals surface area contributed by atoms with Crippen molar-refractivity contribution >= 4 is 11.6 Å². The highest BCUT2D eigenvalue weighted by Crippen LogP contribution is 2.29. The van der Waals surface area contributed by atoms with Gasteiger partial charge in [-0.25, -0.2) is 0 Å². The molecule has 4 heteroatoms. The number of halogens is 1. The molecule has 0 atom stereocenters. The molecule has 20 heavy (non-hydrogen) atoms. The van der Waals surface area contributed by atoms with Gasteiger partial charge in [0.1, 0.15) is 6.61 Å². The van der Waals surface area contributed by atoms with E-state index in [-0.39, 0.29) is 6.61 Å². The molecule has 2 aromatic carbocycles. The maximum absolute atomic E-state index is 9.17. The Morgan fingerprint density at radius 2 is 1.90 bits per heavy atom. The van der Waals surface area contributed by atoms with Gasteiger partial charge in [-0.2, -0.15) is 0 Å². The van der Waals surface area contributed by atoms with Gasteiger partial charge in [0.05, 0.1) is 13.7 Å². The van der Waals surface area contributed by atoms with Gasteiger partial charge in [-0.3, -0.25) is 0 Å². The number of aryl methyl sites for hydroxylation is 1. The molecule has 0 heterocycles. The first-order chi connectivity index (χ1) is 9.63. The molecule has 0 spiro atoms. The molecule has 0 aliphatic heterocycles. The van der Waals surface area contributed by atoms with Gasteiger partial charge in [0.15, 0.2) is 11.5 Å². The van der Waals surface area contributed by atoms with Crippen molar-refractivity contribution in [1.82, 2.24) is 0 Å². The molecule has 0 radical (unpaired) electrons. The van der Waals surface area contributed by atoms with Crippen molar-refractivity contribution in [2.24, 2.45) is 0 Å². The van der Waals surface area contributed by atoms with Crippen LogP contribution in [-0.4, -0.2) is 12.2 Å². The highest BCUT2D eigenvalue weighted by Gasteiger charge is 2.07. The lowest BCUT2D eigenvalue weighted by Gasteiger charge is -2.12. The van der Waals surface area contributed by atoms with Crippen molar-refractivity contribution in [2.75, 3.05) is 7.11 Å². The first-order valence-electron chi connectivity index (χ1n) is 6.29. The number of aliphatic hydroxyl groups is 1. The zero-order valence-electron chi connectivity index (χ0n) is 11.5. The van der Waals surface area contributed by atoms with Crippen LogP contribution in [0.2, 0.25) is 5.02 Å². The fourth-order valence-electron chi connectivity index (χ4n) is 1.86. The van der Waals surface area contributed by atoms with Crippen LogP contribution in [0.1, 0.15) is 16.7 Å². The predicted octanol–water partition coefficient (Wildman–Crippen LogP) is 3.73. The van der Waals surface area contributed by atoms with Crippen molar-refractivity contribution in [1.29, 1.82) is 0 Å². The Balaban J connectivity index is 2.17. The van der Waals surface area contributed by atoms with Crippen LogP contribution in [0.5, 0.6) is 11.5 Å². The Bertz CT molecular complexity index is 596. The van der Waals surface area contributed by atoms with Crippen LogP contribution in [0.25, 0.3) is 0 Å². The summed E-state index contributed by atoms with van der Waals surface area (Å²) in [7, 11) is 1.58. The normalized spacial score (nSPS) is 10.4. The van der Waals surface area contributed by atoms with E-state index < -0.39 is 0 Å². The van der Waals surface area contributed by atoms with E-state index in [9.17, 15) is 0 Å². The molecule has 2 aromatic rings. The molecular weight excluding hydrogens is 276 g/mol. The van der Waals surface area contributed by atoms with E-state index in [4.69, 9.17) is 26.2 Å². The van der Waals surface area contributed by atoms with Gasteiger partial charge >= 0.3 is 0 Å². The largest absolute Gasteiger partial charge is 0.493 e. The van der Waals surface area contributed by atoms with Crippen LogP contribution in [0.15, 0.2) is 36.4 Å². The van der Waals surface area contributed by atoms with Crippen molar-refractivity contribution < 1.29 is 14.6 Å². The zero-order chi connectivity index (χ0) is 14.5. The number of methoxy groups -OCH3 is 1. The molecule has 0 saturated heterocycles. The van der Waals surface area contributed by atoms with Gasteiger partial charge < -0.3 is 14.6 Å². The van der Waals surface area contributed by atoms with Gasteiger partial charge in [0.2, 0.25) is 0 Å². The van der Waals surface area contributed by atoms with Crippen LogP contribution in [0.3, 0.4) is 0 Å². The van der Waals surface area contributed by atoms with Gasteiger partial charge in [-0.05, 0) is 36.2 Å². The summed E-state index contributed by atoms with van der Waals surface area (Å²) in [4.78, 5) is 0. The second kappa shape index (κ2) is 6.64. The second-order valence-corrected chi connectivity index (χ2v) is 4.93. The highest BCUT2D eigenvalue weighted by atomic mass is 35.5. The number of hydrogen-bond donors (Lipinski definition) is 1. The van der Waals surface area contributed by atoms with Crippen molar-refractivity contribution in [3.05, 3.63) is 58.1 Å². The average molecular weight is 293 g/mol. The third-order valence-electron chi connectivity index (χ3n) is 3.00. The van der Waals surface area contributed by atoms with Crippen LogP contribution in [0.4, 0.5) is 0 Å². The summed E-state index contributed by atoms with van der Waals surface area (Å²) in [5.41, 5.74) is 2.79. The molecule has 0 aliphatic rings. The topological polar surface area (TPSA) is 38.7 Å². The molecule has 1 N–H and O–H groups in total. The molecule has 0 fully saturated rings. The Morgan fingerprint density at radius 1 is 1.10 bits per heavy atom. The number of hydrogen-bond acceptors (Lipinski definition) is 3. The first kappa shape index (κ1) is 14.7. The third kappa shape index (κ3) is 3.44. The first-order valence-corrected chi connectivity index (χ1v) is 6.67. The van der Waals surface area contributed by atoms with E-state index in [2.05, 4.69) is 0 Å². The van der Waals surface area contributed by atoms with E-state index in [1.165, 1.54) is 0 Å². The predicted molar refractivity (Wildman–Crippen MR) is 79.4 cm³/mol. The van der Waals surface area contributed by atoms with Gasteiger partial charge in [-0.15, -0.1) is 0 Å². The minimum absolute atomic E-state index is 0.0361. The lowest BCUT2D eigenvalue weighted by atomic mass is 10.1. The van der Waals surface area contributed by atoms with Gasteiger partial charge in [0, 0.05) is 10.6 Å². The van der Waals surface area contributed by atoms with Crippen LogP contribution >= 0.6 is 11.6 Å². The monoisotopic (exact) mass is 292 g/mol. The summed E-state index contributed by atoms with van der Waals surface area (Å²) < 4.78 is 11.0. The Morgan fingerprint density at radius 3 is 2.55 bits per heavy atom. The fraction of sp³-hybridized carbons (Fsp3) is 0.250. The average Bonchev–Trinajstić information content (AvgIpc) is 2.46. The molecule has 0 amide bonds. The quantitative estimate of drug-likeness (QED) is 0.912. The van der Waals surface area contributed by atoms with Crippen LogP contribution in [0, 0.1) is 6.92 Å². The third-order valence-corrected chi connectivity index (χ3v) is 3.35. The van der Waals surface area contributed by atoms with Gasteiger partial charge in [-0.1, -0.05) is 29.8 Å². The maximum atomic E-state index is 9.17. The molecule has 3 nitrogen and oxygen atoms in total. The summed E-state index contributed by atoms with van der Waals surface area (Å²) in [5.74, 6) is 1.22. The molecule has 0 bridgehead atoms. The Kier molecular flexibility index (Phi) is 4.88. The molecule has 0 aliphatic carbocycles. The Labute approximate surface area is 123 Å². The van der Waals surface area contributed by atoms with E-state index in [1.54, 1.807) is 25.3 Å². The summed E-state index contributed by atoms with van der Waals surface area (Å²) in [5, 5.41) is 9.85. The van der Waals surface area contributed by atoms with Crippen LogP contribution < -0.4 is 9.47 Å². The smallest absolute Gasteiger partial charge is 0.162 e. The molecule has 0 saturated carbocycles. The van der Waals surface area contributed by atoms with Gasteiger partial charge in [0.25, 0.3) is 0 Å². The van der Waals surface area contributed by atoms with E-state index in [0.717, 1.165) is 16.7 Å². The van der Waals surface area contributed by atoms with E-state index in [0.29, 0.717) is 23.1 Å². The van der Waals surface area contributed by atoms with Crippen molar-refractivity contribution in [3.63, 3.8) is 0 Å². The number of aliphatic hydroxyl groups excluding tert-OH is 1. The van der Waals surface area contributed by atoms with Crippen molar-refractivity contribution in [3.8, 4) is 11.5 Å². The van der Waals surface area contributed by atoms with E-state index >= 15 is 0 Å². The minimum atomic E-state index is -0.0361. The number of benzene rings is 2. The lowest BCUT2D eigenvalue weighted by molar-refractivity contribution is 0.272. The number of rotatable bonds is 5.